The molecular weight excluding hydrogens is 333 g/mol. The maximum atomic E-state index is 12.9. The van der Waals surface area contributed by atoms with Crippen LogP contribution in [0.5, 0.6) is 0 Å². The second-order valence-electron chi connectivity index (χ2n) is 2.28. The highest BCUT2D eigenvalue weighted by molar-refractivity contribution is 14.1. The molecule has 0 amide bonds. The van der Waals surface area contributed by atoms with Crippen LogP contribution in [0, 0.1) is 9.65 Å². The van der Waals surface area contributed by atoms with E-state index in [2.05, 4.69) is 4.98 Å². The van der Waals surface area contributed by atoms with Gasteiger partial charge in [-0.15, -0.1) is 0 Å². The summed E-state index contributed by atoms with van der Waals surface area (Å²) in [6.07, 6.45) is -2.82. The van der Waals surface area contributed by atoms with Gasteiger partial charge in [0.15, 0.2) is 0 Å². The molecule has 0 aliphatic rings. The Hall–Kier alpha value is -0.370. The number of nitrogens with zero attached hydrogens (tertiary/aromatic N) is 1. The number of aromatic nitrogens is 1. The maximum absolute atomic E-state index is 12.9. The average Bonchev–Trinajstić information content (AvgIpc) is 2.02. The number of hydrogen-bond acceptors (Lipinski definition) is 2. The third-order valence-corrected chi connectivity index (χ3v) is 2.47. The molecule has 1 aromatic heterocycles. The van der Waals surface area contributed by atoms with Crippen molar-refractivity contribution in [2.45, 2.75) is 6.43 Å². The second kappa shape index (κ2) is 4.43. The first-order valence-electron chi connectivity index (χ1n) is 3.27. The van der Waals surface area contributed by atoms with Gasteiger partial charge < -0.3 is 0 Å². The van der Waals surface area contributed by atoms with E-state index in [-0.39, 0.29) is 3.70 Å². The van der Waals surface area contributed by atoms with Gasteiger partial charge in [-0.3, -0.25) is 4.79 Å². The van der Waals surface area contributed by atoms with Gasteiger partial charge in [0.2, 0.25) is 5.95 Å². The van der Waals surface area contributed by atoms with Gasteiger partial charge in [0, 0.05) is 0 Å². The Kier molecular flexibility index (Phi) is 3.71. The van der Waals surface area contributed by atoms with Crippen molar-refractivity contribution in [1.29, 1.82) is 0 Å². The number of halogens is 5. The van der Waals surface area contributed by atoms with E-state index >= 15 is 0 Å². The quantitative estimate of drug-likeness (QED) is 0.472. The van der Waals surface area contributed by atoms with Gasteiger partial charge >= 0.3 is 0 Å². The molecule has 0 N–H and O–H groups in total. The molecule has 76 valence electrons. The van der Waals surface area contributed by atoms with E-state index in [0.717, 1.165) is 0 Å². The molecule has 0 atom stereocenters. The van der Waals surface area contributed by atoms with Crippen LogP contribution in [-0.2, 0) is 0 Å². The van der Waals surface area contributed by atoms with E-state index in [1.54, 1.807) is 0 Å². The largest absolute Gasteiger partial charge is 0.275 e. The average molecular weight is 335 g/mol. The zero-order valence-corrected chi connectivity index (χ0v) is 9.31. The van der Waals surface area contributed by atoms with Gasteiger partial charge in [-0.25, -0.2) is 13.8 Å². The smallest absolute Gasteiger partial charge is 0.266 e. The number of carbonyl (C=O) groups excluding carboxylic acids is 1. The third-order valence-electron chi connectivity index (χ3n) is 1.40. The Labute approximate surface area is 95.6 Å². The third kappa shape index (κ3) is 2.35. The highest BCUT2D eigenvalue weighted by Gasteiger charge is 2.19. The highest BCUT2D eigenvalue weighted by atomic mass is 127. The molecular formula is C7H2ClF3INO. The monoisotopic (exact) mass is 335 g/mol. The summed E-state index contributed by atoms with van der Waals surface area (Å²) in [5.74, 6) is -1.14. The fraction of sp³-hybridized carbons (Fsp3) is 0.143. The second-order valence-corrected chi connectivity index (χ2v) is 3.65. The fourth-order valence-electron chi connectivity index (χ4n) is 0.776. The van der Waals surface area contributed by atoms with Crippen molar-refractivity contribution in [3.8, 4) is 0 Å². The summed E-state index contributed by atoms with van der Waals surface area (Å²) >= 11 is 6.43. The summed E-state index contributed by atoms with van der Waals surface area (Å²) in [6, 6.07) is 0.712. The molecule has 0 saturated heterocycles. The number of carbonyl (C=O) groups is 1. The number of hydrogen-bond donors (Lipinski definition) is 0. The van der Waals surface area contributed by atoms with Gasteiger partial charge in [0.05, 0.1) is 11.1 Å². The van der Waals surface area contributed by atoms with Crippen molar-refractivity contribution in [2.75, 3.05) is 0 Å². The van der Waals surface area contributed by atoms with E-state index in [0.29, 0.717) is 6.07 Å². The summed E-state index contributed by atoms with van der Waals surface area (Å²) in [7, 11) is 0. The summed E-state index contributed by atoms with van der Waals surface area (Å²) < 4.78 is 37.3. The molecule has 0 aliphatic heterocycles. The molecule has 0 bridgehead atoms. The first kappa shape index (κ1) is 11.7. The molecule has 0 saturated carbocycles. The van der Waals surface area contributed by atoms with Crippen molar-refractivity contribution in [3.63, 3.8) is 0 Å². The Balaban J connectivity index is 3.34. The summed E-state index contributed by atoms with van der Waals surface area (Å²) in [5, 5.41) is -1.15. The normalized spacial score (nSPS) is 10.7. The highest BCUT2D eigenvalue weighted by Crippen LogP contribution is 2.25. The molecule has 14 heavy (non-hydrogen) atoms. The van der Waals surface area contributed by atoms with Gasteiger partial charge in [-0.1, -0.05) is 0 Å². The lowest BCUT2D eigenvalue weighted by Crippen LogP contribution is -2.04. The van der Waals surface area contributed by atoms with Crippen molar-refractivity contribution in [1.82, 2.24) is 4.98 Å². The zero-order chi connectivity index (χ0) is 10.9. The predicted octanol–water partition coefficient (Wildman–Crippen LogP) is 3.14. The topological polar surface area (TPSA) is 30.0 Å². The van der Waals surface area contributed by atoms with Crippen LogP contribution in [0.3, 0.4) is 0 Å². The summed E-state index contributed by atoms with van der Waals surface area (Å²) in [5.41, 5.74) is -1.14. The van der Waals surface area contributed by atoms with Crippen molar-refractivity contribution < 1.29 is 18.0 Å². The minimum atomic E-state index is -2.82. The van der Waals surface area contributed by atoms with Crippen molar-refractivity contribution in [2.24, 2.45) is 0 Å². The van der Waals surface area contributed by atoms with Crippen LogP contribution in [0.25, 0.3) is 0 Å². The molecule has 1 heterocycles. The fourth-order valence-corrected chi connectivity index (χ4v) is 1.51. The van der Waals surface area contributed by atoms with Crippen LogP contribution in [0.15, 0.2) is 6.07 Å². The molecule has 0 fully saturated rings. The van der Waals surface area contributed by atoms with Crippen molar-refractivity contribution >= 4 is 39.4 Å². The number of rotatable bonds is 2. The molecule has 0 unspecified atom stereocenters. The lowest BCUT2D eigenvalue weighted by molar-refractivity contribution is 0.107. The molecule has 1 aromatic rings. The number of alkyl halides is 2. The lowest BCUT2D eigenvalue weighted by Gasteiger charge is -2.04. The molecule has 7 heteroatoms. The predicted molar refractivity (Wildman–Crippen MR) is 52.1 cm³/mol. The first-order valence-corrected chi connectivity index (χ1v) is 4.73. The number of pyridine rings is 1. The Morgan fingerprint density at radius 3 is 2.57 bits per heavy atom. The van der Waals surface area contributed by atoms with Crippen LogP contribution in [0.1, 0.15) is 22.3 Å². The standard InChI is InChI=1S/C7H2ClF3INO/c8-4(14)2-1-3(5(9)10)7(12)13-6(2)11/h1,5H. The van der Waals surface area contributed by atoms with E-state index in [1.165, 1.54) is 22.6 Å². The molecule has 0 radical (unpaired) electrons. The van der Waals surface area contributed by atoms with Gasteiger partial charge in [-0.2, -0.15) is 4.39 Å². The Bertz CT molecular complexity index is 385. The Morgan fingerprint density at radius 1 is 1.57 bits per heavy atom. The molecule has 2 nitrogen and oxygen atoms in total. The lowest BCUT2D eigenvalue weighted by atomic mass is 10.2. The SMILES string of the molecule is O=C(Cl)c1cc(C(F)F)c(I)nc1F. The van der Waals surface area contributed by atoms with Gasteiger partial charge in [0.25, 0.3) is 11.7 Å². The van der Waals surface area contributed by atoms with Crippen LogP contribution < -0.4 is 0 Å². The minimum Gasteiger partial charge on any atom is -0.275 e. The van der Waals surface area contributed by atoms with E-state index in [1.807, 2.05) is 0 Å². The van der Waals surface area contributed by atoms with Crippen LogP contribution in [0.2, 0.25) is 0 Å². The van der Waals surface area contributed by atoms with Gasteiger partial charge in [-0.05, 0) is 40.3 Å². The van der Waals surface area contributed by atoms with Crippen LogP contribution in [-0.4, -0.2) is 10.2 Å². The molecule has 0 aromatic carbocycles. The summed E-state index contributed by atoms with van der Waals surface area (Å²) in [4.78, 5) is 13.7. The first-order chi connectivity index (χ1) is 6.43. The molecule has 1 rings (SSSR count). The van der Waals surface area contributed by atoms with E-state index in [9.17, 15) is 18.0 Å². The van der Waals surface area contributed by atoms with Crippen LogP contribution >= 0.6 is 34.2 Å². The van der Waals surface area contributed by atoms with E-state index < -0.39 is 28.7 Å². The van der Waals surface area contributed by atoms with E-state index in [4.69, 9.17) is 11.6 Å². The molecule has 0 spiro atoms. The van der Waals surface area contributed by atoms with Gasteiger partial charge in [0.1, 0.15) is 3.70 Å². The molecule has 0 aliphatic carbocycles. The van der Waals surface area contributed by atoms with Crippen LogP contribution in [0.4, 0.5) is 13.2 Å². The summed E-state index contributed by atoms with van der Waals surface area (Å²) in [6.45, 7) is 0. The minimum absolute atomic E-state index is 0.184. The zero-order valence-electron chi connectivity index (χ0n) is 6.40. The van der Waals surface area contributed by atoms with Crippen molar-refractivity contribution in [3.05, 3.63) is 26.8 Å². The maximum Gasteiger partial charge on any atom is 0.266 e. The Morgan fingerprint density at radius 2 is 2.14 bits per heavy atom.